The largest absolute Gasteiger partial charge is 0.307 e. The van der Waals surface area contributed by atoms with Crippen LogP contribution in [0.15, 0.2) is 91.0 Å². The first-order valence-corrected chi connectivity index (χ1v) is 12.0. The van der Waals surface area contributed by atoms with E-state index < -0.39 is 0 Å². The van der Waals surface area contributed by atoms with Crippen LogP contribution in [-0.4, -0.2) is 18.5 Å². The van der Waals surface area contributed by atoms with Crippen molar-refractivity contribution >= 4 is 49.7 Å². The van der Waals surface area contributed by atoms with Gasteiger partial charge in [-0.15, -0.1) is 0 Å². The molecule has 4 nitrogen and oxygen atoms in total. The van der Waals surface area contributed by atoms with E-state index in [0.717, 1.165) is 28.9 Å². The van der Waals surface area contributed by atoms with Gasteiger partial charge in [0.1, 0.15) is 5.52 Å². The molecule has 0 aliphatic heterocycles. The fourth-order valence-corrected chi connectivity index (χ4v) is 5.52. The third-order valence-electron chi connectivity index (χ3n) is 7.49. The van der Waals surface area contributed by atoms with Gasteiger partial charge in [0.05, 0.1) is 27.6 Å². The molecule has 7 aromatic rings. The number of rotatable bonds is 3. The molecule has 0 aliphatic carbocycles. The zero-order valence-corrected chi connectivity index (χ0v) is 19.7. The van der Waals surface area contributed by atoms with Crippen LogP contribution in [0.5, 0.6) is 0 Å². The van der Waals surface area contributed by atoms with Crippen molar-refractivity contribution < 1.29 is 0 Å². The summed E-state index contributed by atoms with van der Waals surface area (Å²) in [5.41, 5.74) is 8.07. The number of aromatic nitrogens is 4. The van der Waals surface area contributed by atoms with E-state index >= 15 is 0 Å². The lowest BCUT2D eigenvalue weighted by molar-refractivity contribution is 0.361. The molecule has 0 saturated heterocycles. The maximum Gasteiger partial charge on any atom is 0.216 e. The number of hydrogen-bond donors (Lipinski definition) is 0. The second kappa shape index (κ2) is 6.73. The van der Waals surface area contributed by atoms with Gasteiger partial charge in [-0.3, -0.25) is 4.40 Å². The fourth-order valence-electron chi connectivity index (χ4n) is 5.52. The average Bonchev–Trinajstić information content (AvgIpc) is 3.51. The maximum atomic E-state index is 5.38. The van der Waals surface area contributed by atoms with Crippen LogP contribution in [0.1, 0.15) is 27.2 Å². The van der Waals surface area contributed by atoms with Crippen molar-refractivity contribution in [2.75, 3.05) is 0 Å². The monoisotopic (exact) mass is 442 g/mol. The minimum absolute atomic E-state index is 0.0585. The Morgan fingerprint density at radius 2 is 1.35 bits per heavy atom. The van der Waals surface area contributed by atoms with Crippen molar-refractivity contribution in [2.24, 2.45) is 0 Å². The summed E-state index contributed by atoms with van der Waals surface area (Å²) in [4.78, 5) is 5.38. The van der Waals surface area contributed by atoms with Gasteiger partial charge in [-0.25, -0.2) is 4.98 Å². The minimum Gasteiger partial charge on any atom is -0.307 e. The van der Waals surface area contributed by atoms with Crippen LogP contribution in [0.2, 0.25) is 0 Å². The Hall–Kier alpha value is -4.05. The van der Waals surface area contributed by atoms with Crippen molar-refractivity contribution in [2.45, 2.75) is 32.7 Å². The molecular formula is C30H26N4. The zero-order valence-electron chi connectivity index (χ0n) is 19.7. The third-order valence-corrected chi connectivity index (χ3v) is 7.49. The molecule has 3 heterocycles. The molecule has 34 heavy (non-hydrogen) atoms. The molecule has 0 radical (unpaired) electrons. The smallest absolute Gasteiger partial charge is 0.216 e. The lowest BCUT2D eigenvalue weighted by Crippen LogP contribution is -2.25. The summed E-state index contributed by atoms with van der Waals surface area (Å²) in [6, 6.07) is 32.5. The van der Waals surface area contributed by atoms with E-state index in [2.05, 4.69) is 125 Å². The SMILES string of the molecule is CCC(C)(C)n1c2ccccc2n2c3ccc4c5ccccc5n(-c5ccccc5)c4c3nc12. The molecule has 3 aromatic heterocycles. The molecule has 0 aliphatic rings. The van der Waals surface area contributed by atoms with E-state index in [4.69, 9.17) is 4.98 Å². The van der Waals surface area contributed by atoms with E-state index in [1.54, 1.807) is 0 Å². The first kappa shape index (κ1) is 19.4. The molecular weight excluding hydrogens is 416 g/mol. The first-order chi connectivity index (χ1) is 16.6. The summed E-state index contributed by atoms with van der Waals surface area (Å²) >= 11 is 0. The molecule has 0 atom stereocenters. The lowest BCUT2D eigenvalue weighted by atomic mass is 10.0. The predicted molar refractivity (Wildman–Crippen MR) is 142 cm³/mol. The molecule has 4 aromatic carbocycles. The molecule has 166 valence electrons. The quantitative estimate of drug-likeness (QED) is 0.276. The van der Waals surface area contributed by atoms with Crippen LogP contribution in [0.4, 0.5) is 0 Å². The maximum absolute atomic E-state index is 5.38. The standard InChI is InChI=1S/C30H26N4/c1-4-30(2,3)34-25-17-11-10-16-24(25)33-26-19-18-22-21-14-8-9-15-23(21)32(20-12-6-5-7-13-20)28(22)27(26)31-29(33)34/h5-19H,4H2,1-3H3. The summed E-state index contributed by atoms with van der Waals surface area (Å²) in [6.07, 6.45) is 1.02. The molecule has 0 fully saturated rings. The molecule has 0 saturated carbocycles. The van der Waals surface area contributed by atoms with Crippen molar-refractivity contribution in [1.82, 2.24) is 18.5 Å². The van der Waals surface area contributed by atoms with Crippen LogP contribution in [0.25, 0.3) is 55.3 Å². The summed E-state index contributed by atoms with van der Waals surface area (Å²) in [5, 5.41) is 2.49. The third kappa shape index (κ3) is 2.40. The van der Waals surface area contributed by atoms with Gasteiger partial charge in [0.25, 0.3) is 0 Å². The second-order valence-corrected chi connectivity index (χ2v) is 9.75. The van der Waals surface area contributed by atoms with Gasteiger partial charge in [-0.05, 0) is 62.7 Å². The predicted octanol–water partition coefficient (Wildman–Crippen LogP) is 7.68. The van der Waals surface area contributed by atoms with E-state index in [1.165, 1.54) is 32.8 Å². The molecule has 7 rings (SSSR count). The molecule has 0 bridgehead atoms. The summed E-state index contributed by atoms with van der Waals surface area (Å²) in [6.45, 7) is 6.85. The van der Waals surface area contributed by atoms with Gasteiger partial charge in [0, 0.05) is 22.0 Å². The van der Waals surface area contributed by atoms with E-state index in [0.29, 0.717) is 0 Å². The van der Waals surface area contributed by atoms with E-state index in [1.807, 2.05) is 0 Å². The highest BCUT2D eigenvalue weighted by molar-refractivity contribution is 6.18. The highest BCUT2D eigenvalue weighted by atomic mass is 15.2. The molecule has 0 amide bonds. The topological polar surface area (TPSA) is 27.2 Å². The van der Waals surface area contributed by atoms with Gasteiger partial charge >= 0.3 is 0 Å². The number of nitrogens with zero attached hydrogens (tertiary/aromatic N) is 4. The highest BCUT2D eigenvalue weighted by Crippen LogP contribution is 2.39. The number of para-hydroxylation sites is 4. The Labute approximate surface area is 197 Å². The molecule has 0 N–H and O–H groups in total. The summed E-state index contributed by atoms with van der Waals surface area (Å²) < 4.78 is 7.13. The van der Waals surface area contributed by atoms with Crippen molar-refractivity contribution in [3.8, 4) is 5.69 Å². The van der Waals surface area contributed by atoms with Crippen molar-refractivity contribution in [3.63, 3.8) is 0 Å². The van der Waals surface area contributed by atoms with E-state index in [9.17, 15) is 0 Å². The van der Waals surface area contributed by atoms with Gasteiger partial charge in [-0.2, -0.15) is 0 Å². The van der Waals surface area contributed by atoms with Gasteiger partial charge in [0.15, 0.2) is 0 Å². The molecule has 0 unspecified atom stereocenters. The number of benzene rings is 4. The Kier molecular flexibility index (Phi) is 3.85. The normalized spacial score (nSPS) is 12.7. The highest BCUT2D eigenvalue weighted by Gasteiger charge is 2.27. The van der Waals surface area contributed by atoms with Crippen molar-refractivity contribution in [1.29, 1.82) is 0 Å². The van der Waals surface area contributed by atoms with Crippen LogP contribution in [0.3, 0.4) is 0 Å². The zero-order chi connectivity index (χ0) is 23.0. The average molecular weight is 443 g/mol. The molecule has 4 heteroatoms. The first-order valence-electron chi connectivity index (χ1n) is 12.0. The Balaban J connectivity index is 1.74. The number of hydrogen-bond acceptors (Lipinski definition) is 1. The van der Waals surface area contributed by atoms with Gasteiger partial charge in [-0.1, -0.05) is 55.5 Å². The van der Waals surface area contributed by atoms with Gasteiger partial charge in [0.2, 0.25) is 5.78 Å². The lowest BCUT2D eigenvalue weighted by Gasteiger charge is -2.26. The summed E-state index contributed by atoms with van der Waals surface area (Å²) in [7, 11) is 0. The Bertz CT molecular complexity index is 1860. The second-order valence-electron chi connectivity index (χ2n) is 9.75. The fraction of sp³-hybridized carbons (Fsp3) is 0.167. The Morgan fingerprint density at radius 3 is 2.12 bits per heavy atom. The minimum atomic E-state index is -0.0585. The van der Waals surface area contributed by atoms with Crippen LogP contribution in [0, 0.1) is 0 Å². The molecule has 0 spiro atoms. The van der Waals surface area contributed by atoms with Crippen LogP contribution < -0.4 is 0 Å². The van der Waals surface area contributed by atoms with Crippen LogP contribution >= 0.6 is 0 Å². The summed E-state index contributed by atoms with van der Waals surface area (Å²) in [5.74, 6) is 1.00. The van der Waals surface area contributed by atoms with Crippen LogP contribution in [-0.2, 0) is 5.54 Å². The Morgan fingerprint density at radius 1 is 0.676 bits per heavy atom. The number of fused-ring (bicyclic) bond motifs is 9. The van der Waals surface area contributed by atoms with E-state index in [-0.39, 0.29) is 5.54 Å². The van der Waals surface area contributed by atoms with Crippen molar-refractivity contribution in [3.05, 3.63) is 91.0 Å². The number of imidazole rings is 2. The van der Waals surface area contributed by atoms with Gasteiger partial charge < -0.3 is 9.13 Å².